The molecule has 1 aromatic carbocycles. The molecule has 0 aliphatic carbocycles. The zero-order valence-electron chi connectivity index (χ0n) is 8.15. The normalized spacial score (nSPS) is 28.2. The minimum absolute atomic E-state index is 0.177. The molecule has 0 amide bonds. The Morgan fingerprint density at radius 2 is 2.29 bits per heavy atom. The van der Waals surface area contributed by atoms with Gasteiger partial charge in [-0.05, 0) is 31.2 Å². The number of nitrogens with zero attached hydrogens (tertiary/aromatic N) is 1. The molecule has 2 atom stereocenters. The lowest BCUT2D eigenvalue weighted by molar-refractivity contribution is 0.182. The largest absolute Gasteiger partial charge is 0.392 e. The maximum Gasteiger partial charge on any atom is 0.0685 e. The summed E-state index contributed by atoms with van der Waals surface area (Å²) in [5.41, 5.74) is 1.28. The summed E-state index contributed by atoms with van der Waals surface area (Å²) in [6.07, 6.45) is 0.663. The first-order valence-corrected chi connectivity index (χ1v) is 5.60. The third-order valence-corrected chi connectivity index (χ3v) is 3.25. The van der Waals surface area contributed by atoms with Gasteiger partial charge >= 0.3 is 0 Å². The molecule has 2 rings (SSSR count). The van der Waals surface area contributed by atoms with Gasteiger partial charge in [0.1, 0.15) is 0 Å². The van der Waals surface area contributed by atoms with Crippen molar-refractivity contribution < 1.29 is 5.11 Å². The SMILES string of the molecule is CN1CC(O)CC1c1cccc(Br)c1. The molecule has 0 spiro atoms. The molecule has 1 aliphatic heterocycles. The lowest BCUT2D eigenvalue weighted by Crippen LogP contribution is -2.19. The van der Waals surface area contributed by atoms with Crippen LogP contribution in [-0.2, 0) is 0 Å². The van der Waals surface area contributed by atoms with Crippen LogP contribution in [0.15, 0.2) is 28.7 Å². The fourth-order valence-electron chi connectivity index (χ4n) is 2.08. The second-order valence-electron chi connectivity index (χ2n) is 3.90. The van der Waals surface area contributed by atoms with E-state index in [1.165, 1.54) is 5.56 Å². The van der Waals surface area contributed by atoms with E-state index in [-0.39, 0.29) is 6.10 Å². The summed E-state index contributed by atoms with van der Waals surface area (Å²) in [6, 6.07) is 8.67. The van der Waals surface area contributed by atoms with Crippen LogP contribution < -0.4 is 0 Å². The van der Waals surface area contributed by atoms with Crippen molar-refractivity contribution in [3.63, 3.8) is 0 Å². The highest BCUT2D eigenvalue weighted by molar-refractivity contribution is 9.10. The van der Waals surface area contributed by atoms with E-state index in [1.807, 2.05) is 12.1 Å². The summed E-state index contributed by atoms with van der Waals surface area (Å²) in [6.45, 7) is 0.775. The first-order chi connectivity index (χ1) is 6.66. The predicted molar refractivity (Wildman–Crippen MR) is 60.1 cm³/mol. The Balaban J connectivity index is 2.23. The molecule has 0 radical (unpaired) electrons. The summed E-state index contributed by atoms with van der Waals surface area (Å²) in [4.78, 5) is 2.20. The van der Waals surface area contributed by atoms with Crippen LogP contribution in [0.4, 0.5) is 0 Å². The van der Waals surface area contributed by atoms with Gasteiger partial charge in [0.15, 0.2) is 0 Å². The van der Waals surface area contributed by atoms with Gasteiger partial charge in [0.25, 0.3) is 0 Å². The maximum atomic E-state index is 9.55. The lowest BCUT2D eigenvalue weighted by Gasteiger charge is -2.19. The van der Waals surface area contributed by atoms with Gasteiger partial charge in [0.05, 0.1) is 6.10 Å². The average molecular weight is 256 g/mol. The molecule has 1 saturated heterocycles. The first kappa shape index (κ1) is 10.1. The molecule has 1 aromatic rings. The van der Waals surface area contributed by atoms with E-state index < -0.39 is 0 Å². The zero-order valence-corrected chi connectivity index (χ0v) is 9.74. The number of likely N-dealkylation sites (tertiary alicyclic amines) is 1. The van der Waals surface area contributed by atoms with E-state index >= 15 is 0 Å². The number of benzene rings is 1. The standard InChI is InChI=1S/C11H14BrNO/c1-13-7-10(14)6-11(13)8-3-2-4-9(12)5-8/h2-5,10-11,14H,6-7H2,1H3. The monoisotopic (exact) mass is 255 g/mol. The van der Waals surface area contributed by atoms with Gasteiger partial charge in [-0.15, -0.1) is 0 Å². The van der Waals surface area contributed by atoms with E-state index in [1.54, 1.807) is 0 Å². The minimum Gasteiger partial charge on any atom is -0.392 e. The van der Waals surface area contributed by atoms with E-state index in [9.17, 15) is 5.11 Å². The van der Waals surface area contributed by atoms with E-state index in [0.717, 1.165) is 17.4 Å². The van der Waals surface area contributed by atoms with Crippen LogP contribution in [0.3, 0.4) is 0 Å². The number of halogens is 1. The van der Waals surface area contributed by atoms with Crippen molar-refractivity contribution in [2.45, 2.75) is 18.6 Å². The van der Waals surface area contributed by atoms with Gasteiger partial charge < -0.3 is 5.11 Å². The van der Waals surface area contributed by atoms with Crippen molar-refractivity contribution in [2.75, 3.05) is 13.6 Å². The summed E-state index contributed by atoms with van der Waals surface area (Å²) in [5, 5.41) is 9.55. The second kappa shape index (κ2) is 4.01. The number of rotatable bonds is 1. The second-order valence-corrected chi connectivity index (χ2v) is 4.82. The van der Waals surface area contributed by atoms with Crippen molar-refractivity contribution in [3.05, 3.63) is 34.3 Å². The third kappa shape index (κ3) is 2.00. The quantitative estimate of drug-likeness (QED) is 0.832. The summed E-state index contributed by atoms with van der Waals surface area (Å²) >= 11 is 3.46. The van der Waals surface area contributed by atoms with Gasteiger partial charge in [-0.25, -0.2) is 0 Å². The number of β-amino-alcohol motifs (C(OH)–C–C–N with tert-alkyl or cyclic N) is 1. The van der Waals surface area contributed by atoms with Gasteiger partial charge in [-0.2, -0.15) is 0 Å². The maximum absolute atomic E-state index is 9.55. The molecule has 3 heteroatoms. The smallest absolute Gasteiger partial charge is 0.0685 e. The van der Waals surface area contributed by atoms with Gasteiger partial charge in [-0.3, -0.25) is 4.90 Å². The Morgan fingerprint density at radius 3 is 2.86 bits per heavy atom. The summed E-state index contributed by atoms with van der Waals surface area (Å²) < 4.78 is 1.10. The summed E-state index contributed by atoms with van der Waals surface area (Å²) in [7, 11) is 2.06. The molecular weight excluding hydrogens is 242 g/mol. The Kier molecular flexibility index (Phi) is 2.91. The topological polar surface area (TPSA) is 23.5 Å². The third-order valence-electron chi connectivity index (χ3n) is 2.76. The van der Waals surface area contributed by atoms with E-state index in [4.69, 9.17) is 0 Å². The molecule has 2 nitrogen and oxygen atoms in total. The molecule has 0 bridgehead atoms. The zero-order chi connectivity index (χ0) is 10.1. The van der Waals surface area contributed by atoms with Crippen molar-refractivity contribution in [2.24, 2.45) is 0 Å². The highest BCUT2D eigenvalue weighted by atomic mass is 79.9. The Hall–Kier alpha value is -0.380. The minimum atomic E-state index is -0.177. The molecule has 0 aromatic heterocycles. The van der Waals surface area contributed by atoms with Crippen LogP contribution in [0.1, 0.15) is 18.0 Å². The van der Waals surface area contributed by atoms with Crippen molar-refractivity contribution >= 4 is 15.9 Å². The van der Waals surface area contributed by atoms with Crippen LogP contribution in [0, 0.1) is 0 Å². The molecule has 1 aliphatic rings. The molecule has 14 heavy (non-hydrogen) atoms. The molecule has 1 heterocycles. The number of aliphatic hydroxyl groups excluding tert-OH is 1. The van der Waals surface area contributed by atoms with Crippen LogP contribution in [0.2, 0.25) is 0 Å². The Bertz CT molecular complexity index is 329. The molecule has 0 saturated carbocycles. The van der Waals surface area contributed by atoms with E-state index in [0.29, 0.717) is 6.04 Å². The van der Waals surface area contributed by atoms with Gasteiger partial charge in [0.2, 0.25) is 0 Å². The molecule has 76 valence electrons. The van der Waals surface area contributed by atoms with E-state index in [2.05, 4.69) is 40.0 Å². The van der Waals surface area contributed by atoms with Gasteiger partial charge in [0, 0.05) is 17.1 Å². The Labute approximate surface area is 92.7 Å². The van der Waals surface area contributed by atoms with Gasteiger partial charge in [-0.1, -0.05) is 28.1 Å². The molecule has 2 unspecified atom stereocenters. The fourth-order valence-corrected chi connectivity index (χ4v) is 2.49. The van der Waals surface area contributed by atoms with Crippen LogP contribution in [0.25, 0.3) is 0 Å². The lowest BCUT2D eigenvalue weighted by atomic mass is 10.0. The first-order valence-electron chi connectivity index (χ1n) is 4.80. The Morgan fingerprint density at radius 1 is 1.50 bits per heavy atom. The molecule has 1 N–H and O–H groups in total. The summed E-state index contributed by atoms with van der Waals surface area (Å²) in [5.74, 6) is 0. The van der Waals surface area contributed by atoms with Crippen LogP contribution in [-0.4, -0.2) is 29.7 Å². The van der Waals surface area contributed by atoms with Crippen molar-refractivity contribution in [1.29, 1.82) is 0 Å². The van der Waals surface area contributed by atoms with Crippen LogP contribution >= 0.6 is 15.9 Å². The number of likely N-dealkylation sites (N-methyl/N-ethyl adjacent to an activating group) is 1. The van der Waals surface area contributed by atoms with Crippen LogP contribution in [0.5, 0.6) is 0 Å². The predicted octanol–water partition coefficient (Wildman–Crippen LogP) is 2.19. The molecular formula is C11H14BrNO. The van der Waals surface area contributed by atoms with Crippen molar-refractivity contribution in [3.8, 4) is 0 Å². The number of hydrogen-bond donors (Lipinski definition) is 1. The fraction of sp³-hybridized carbons (Fsp3) is 0.455. The number of aliphatic hydroxyl groups is 1. The number of hydrogen-bond acceptors (Lipinski definition) is 2. The molecule has 1 fully saturated rings. The highest BCUT2D eigenvalue weighted by Crippen LogP contribution is 2.31. The average Bonchev–Trinajstić information content (AvgIpc) is 2.45. The highest BCUT2D eigenvalue weighted by Gasteiger charge is 2.28. The van der Waals surface area contributed by atoms with Crippen molar-refractivity contribution in [1.82, 2.24) is 4.90 Å².